The summed E-state index contributed by atoms with van der Waals surface area (Å²) >= 11 is 0. The zero-order valence-electron chi connectivity index (χ0n) is 8.50. The van der Waals surface area contributed by atoms with E-state index >= 15 is 0 Å². The van der Waals surface area contributed by atoms with Crippen LogP contribution < -0.4 is 0 Å². The summed E-state index contributed by atoms with van der Waals surface area (Å²) in [6.45, 7) is 0. The molecule has 0 radical (unpaired) electrons. The van der Waals surface area contributed by atoms with Crippen molar-refractivity contribution in [2.45, 2.75) is 11.6 Å². The first-order valence-corrected chi connectivity index (χ1v) is 6.46. The van der Waals surface area contributed by atoms with Gasteiger partial charge in [-0.25, -0.2) is 13.4 Å². The molecule has 2 aromatic rings. The summed E-state index contributed by atoms with van der Waals surface area (Å²) in [7, 11) is -3.34. The van der Waals surface area contributed by atoms with E-state index in [9.17, 15) is 8.42 Å². The fourth-order valence-corrected chi connectivity index (χ4v) is 2.43. The molecule has 1 aromatic heterocycles. The van der Waals surface area contributed by atoms with Crippen molar-refractivity contribution < 1.29 is 8.42 Å². The van der Waals surface area contributed by atoms with Crippen LogP contribution in [0.2, 0.25) is 0 Å². The molecule has 1 aromatic carbocycles. The number of rotatable bonds is 4. The van der Waals surface area contributed by atoms with Crippen LogP contribution in [0.25, 0.3) is 0 Å². The molecule has 6 heteroatoms. The Morgan fingerprint density at radius 2 is 1.94 bits per heavy atom. The lowest BCUT2D eigenvalue weighted by Crippen LogP contribution is -2.11. The molecule has 84 valence electrons. The van der Waals surface area contributed by atoms with Crippen LogP contribution in [0.15, 0.2) is 41.8 Å². The highest BCUT2D eigenvalue weighted by atomic mass is 32.2. The van der Waals surface area contributed by atoms with E-state index in [-0.39, 0.29) is 10.9 Å². The quantitative estimate of drug-likeness (QED) is 0.854. The maximum atomic E-state index is 11.7. The molecule has 5 nitrogen and oxygen atoms in total. The van der Waals surface area contributed by atoms with E-state index in [1.807, 2.05) is 30.3 Å². The number of aromatic amines is 1. The van der Waals surface area contributed by atoms with Gasteiger partial charge in [-0.3, -0.25) is 5.10 Å². The predicted molar refractivity (Wildman–Crippen MR) is 58.6 cm³/mol. The second-order valence-electron chi connectivity index (χ2n) is 3.35. The molecule has 1 N–H and O–H groups in total. The Hall–Kier alpha value is -1.69. The second kappa shape index (κ2) is 4.44. The molecule has 0 aliphatic carbocycles. The van der Waals surface area contributed by atoms with E-state index in [1.54, 1.807) is 0 Å². The molecule has 1 heterocycles. The first-order chi connectivity index (χ1) is 7.68. The van der Waals surface area contributed by atoms with Crippen LogP contribution in [-0.2, 0) is 16.3 Å². The number of nitrogens with zero attached hydrogens (tertiary/aromatic N) is 2. The maximum absolute atomic E-state index is 11.7. The maximum Gasteiger partial charge on any atom is 0.242 e. The topological polar surface area (TPSA) is 75.7 Å². The Morgan fingerprint density at radius 3 is 2.56 bits per heavy atom. The average Bonchev–Trinajstić information content (AvgIpc) is 2.82. The van der Waals surface area contributed by atoms with Gasteiger partial charge in [0.2, 0.25) is 15.0 Å². The zero-order valence-corrected chi connectivity index (χ0v) is 9.31. The number of sulfone groups is 1. The van der Waals surface area contributed by atoms with Crippen molar-refractivity contribution >= 4 is 9.84 Å². The van der Waals surface area contributed by atoms with Crippen LogP contribution in [0.4, 0.5) is 0 Å². The number of aromatic nitrogens is 3. The Labute approximate surface area is 93.5 Å². The van der Waals surface area contributed by atoms with E-state index in [4.69, 9.17) is 0 Å². The molecule has 0 amide bonds. The van der Waals surface area contributed by atoms with E-state index in [1.165, 1.54) is 6.33 Å². The minimum atomic E-state index is -3.34. The molecule has 16 heavy (non-hydrogen) atoms. The van der Waals surface area contributed by atoms with Gasteiger partial charge in [-0.2, -0.15) is 5.10 Å². The highest BCUT2D eigenvalue weighted by Gasteiger charge is 2.17. The van der Waals surface area contributed by atoms with Crippen molar-refractivity contribution in [2.24, 2.45) is 0 Å². The molecule has 0 bridgehead atoms. The van der Waals surface area contributed by atoms with E-state index in [2.05, 4.69) is 15.2 Å². The standard InChI is InChI=1S/C10H11N3O2S/c14-16(15,10-11-8-12-13-10)7-6-9-4-2-1-3-5-9/h1-5,8H,6-7H2,(H,11,12,13). The molecule has 0 spiro atoms. The van der Waals surface area contributed by atoms with Crippen molar-refractivity contribution in [3.8, 4) is 0 Å². The lowest BCUT2D eigenvalue weighted by molar-refractivity contribution is 0.587. The van der Waals surface area contributed by atoms with Crippen LogP contribution in [0, 0.1) is 0 Å². The first kappa shape index (κ1) is 10.8. The highest BCUT2D eigenvalue weighted by molar-refractivity contribution is 7.91. The number of aryl methyl sites for hydroxylation is 1. The largest absolute Gasteiger partial charge is 0.250 e. The minimum Gasteiger partial charge on any atom is -0.250 e. The van der Waals surface area contributed by atoms with Gasteiger partial charge in [0.05, 0.1) is 5.75 Å². The number of nitrogens with one attached hydrogen (secondary N) is 1. The lowest BCUT2D eigenvalue weighted by Gasteiger charge is -2.00. The molecule has 0 saturated carbocycles. The van der Waals surface area contributed by atoms with Gasteiger partial charge in [-0.05, 0) is 12.0 Å². The molecule has 0 aliphatic heterocycles. The number of hydrogen-bond donors (Lipinski definition) is 1. The summed E-state index contributed by atoms with van der Waals surface area (Å²) in [5.41, 5.74) is 0.991. The first-order valence-electron chi connectivity index (χ1n) is 4.80. The molecule has 0 unspecified atom stereocenters. The van der Waals surface area contributed by atoms with Crippen LogP contribution in [0.1, 0.15) is 5.56 Å². The van der Waals surface area contributed by atoms with Crippen molar-refractivity contribution in [2.75, 3.05) is 5.75 Å². The second-order valence-corrected chi connectivity index (χ2v) is 5.37. The SMILES string of the molecule is O=S(=O)(CCc1ccccc1)c1ncn[nH]1. The van der Waals surface area contributed by atoms with E-state index in [0.29, 0.717) is 6.42 Å². The third-order valence-electron chi connectivity index (χ3n) is 2.19. The summed E-state index contributed by atoms with van der Waals surface area (Å²) in [6, 6.07) is 9.47. The lowest BCUT2D eigenvalue weighted by atomic mass is 10.2. The van der Waals surface area contributed by atoms with Crippen LogP contribution in [0.3, 0.4) is 0 Å². The van der Waals surface area contributed by atoms with Crippen molar-refractivity contribution in [3.05, 3.63) is 42.2 Å². The van der Waals surface area contributed by atoms with Gasteiger partial charge in [-0.1, -0.05) is 30.3 Å². The van der Waals surface area contributed by atoms with Gasteiger partial charge in [0.15, 0.2) is 0 Å². The fourth-order valence-electron chi connectivity index (χ4n) is 1.34. The van der Waals surface area contributed by atoms with Crippen LogP contribution in [0.5, 0.6) is 0 Å². The summed E-state index contributed by atoms with van der Waals surface area (Å²) in [6.07, 6.45) is 1.67. The van der Waals surface area contributed by atoms with Gasteiger partial charge in [0, 0.05) is 0 Å². The number of H-pyrrole nitrogens is 1. The summed E-state index contributed by atoms with van der Waals surface area (Å²) in [4.78, 5) is 3.65. The third-order valence-corrected chi connectivity index (χ3v) is 3.72. The van der Waals surface area contributed by atoms with Crippen molar-refractivity contribution in [1.82, 2.24) is 15.2 Å². The van der Waals surface area contributed by atoms with Crippen molar-refractivity contribution in [1.29, 1.82) is 0 Å². The normalized spacial score (nSPS) is 11.5. The molecule has 0 fully saturated rings. The molecule has 0 saturated heterocycles. The highest BCUT2D eigenvalue weighted by Crippen LogP contribution is 2.07. The molecule has 0 atom stereocenters. The van der Waals surface area contributed by atoms with E-state index < -0.39 is 9.84 Å². The molecule has 0 aliphatic rings. The summed E-state index contributed by atoms with van der Waals surface area (Å²) in [5.74, 6) is 0.0339. The van der Waals surface area contributed by atoms with Gasteiger partial charge in [0.25, 0.3) is 0 Å². The summed E-state index contributed by atoms with van der Waals surface area (Å²) < 4.78 is 23.5. The molecular weight excluding hydrogens is 226 g/mol. The number of benzene rings is 1. The Morgan fingerprint density at radius 1 is 1.19 bits per heavy atom. The van der Waals surface area contributed by atoms with E-state index in [0.717, 1.165) is 5.56 Å². The van der Waals surface area contributed by atoms with Gasteiger partial charge < -0.3 is 0 Å². The smallest absolute Gasteiger partial charge is 0.242 e. The summed E-state index contributed by atoms with van der Waals surface area (Å²) in [5, 5.41) is 5.83. The number of hydrogen-bond acceptors (Lipinski definition) is 4. The zero-order chi connectivity index (χ0) is 11.4. The van der Waals surface area contributed by atoms with Gasteiger partial charge in [-0.15, -0.1) is 0 Å². The molecular formula is C10H11N3O2S. The third kappa shape index (κ3) is 2.46. The Bertz CT molecular complexity index is 535. The molecule has 2 rings (SSSR count). The fraction of sp³-hybridized carbons (Fsp3) is 0.200. The Kier molecular flexibility index (Phi) is 3.00. The van der Waals surface area contributed by atoms with Crippen LogP contribution in [-0.4, -0.2) is 29.4 Å². The van der Waals surface area contributed by atoms with Gasteiger partial charge in [0.1, 0.15) is 6.33 Å². The predicted octanol–water partition coefficient (Wildman–Crippen LogP) is 0.821. The van der Waals surface area contributed by atoms with Crippen molar-refractivity contribution in [3.63, 3.8) is 0 Å². The minimum absolute atomic E-state index is 0.0339. The monoisotopic (exact) mass is 237 g/mol. The average molecular weight is 237 g/mol. The van der Waals surface area contributed by atoms with Crippen LogP contribution >= 0.6 is 0 Å². The Balaban J connectivity index is 2.07. The van der Waals surface area contributed by atoms with Gasteiger partial charge >= 0.3 is 0 Å².